The van der Waals surface area contributed by atoms with Crippen molar-refractivity contribution in [3.63, 3.8) is 0 Å². The number of nitrogens with one attached hydrogen (secondary N) is 1. The Labute approximate surface area is 167 Å². The Morgan fingerprint density at radius 2 is 2.04 bits per heavy atom. The van der Waals surface area contributed by atoms with Crippen molar-refractivity contribution in [3.8, 4) is 0 Å². The molecule has 2 heterocycles. The number of aliphatic imine (C=N–C) groups is 1. The normalized spacial score (nSPS) is 16.8. The zero-order valence-corrected chi connectivity index (χ0v) is 17.0. The highest BCUT2D eigenvalue weighted by atomic mass is 32.2. The van der Waals surface area contributed by atoms with Gasteiger partial charge in [-0.3, -0.25) is 14.6 Å². The fourth-order valence-corrected chi connectivity index (χ4v) is 4.67. The molecule has 1 N–H and O–H groups in total. The number of anilines is 2. The number of carbonyl (C=O) groups excluding carboxylic acids is 2. The molecule has 0 atom stereocenters. The van der Waals surface area contributed by atoms with Crippen LogP contribution >= 0.6 is 23.5 Å². The Kier molecular flexibility index (Phi) is 7.42. The van der Waals surface area contributed by atoms with Gasteiger partial charge in [-0.2, -0.15) is 0 Å². The van der Waals surface area contributed by atoms with Crippen molar-refractivity contribution in [2.45, 2.75) is 0 Å². The minimum Gasteiger partial charge on any atom is -0.378 e. The van der Waals surface area contributed by atoms with Crippen molar-refractivity contribution >= 4 is 51.1 Å². The third-order valence-electron chi connectivity index (χ3n) is 4.21. The van der Waals surface area contributed by atoms with Gasteiger partial charge in [0, 0.05) is 37.3 Å². The lowest BCUT2D eigenvalue weighted by Gasteiger charge is -2.28. The number of carbonyl (C=O) groups is 2. The summed E-state index contributed by atoms with van der Waals surface area (Å²) in [5, 5.41) is 2.84. The van der Waals surface area contributed by atoms with Crippen LogP contribution in [0.2, 0.25) is 0 Å². The molecule has 2 amide bonds. The molecule has 1 fully saturated rings. The Morgan fingerprint density at radius 1 is 1.30 bits per heavy atom. The van der Waals surface area contributed by atoms with Crippen LogP contribution in [0.25, 0.3) is 0 Å². The molecule has 0 spiro atoms. The Balaban J connectivity index is 1.43. The van der Waals surface area contributed by atoms with Gasteiger partial charge in [0.1, 0.15) is 4.38 Å². The van der Waals surface area contributed by atoms with E-state index in [1.165, 1.54) is 16.7 Å². The lowest BCUT2D eigenvalue weighted by molar-refractivity contribution is -0.131. The van der Waals surface area contributed by atoms with Crippen molar-refractivity contribution in [1.29, 1.82) is 0 Å². The molecular formula is C18H24N4O3S2. The SMILES string of the molecule is CN(CC(=O)Nc1ccc(N2CCOCC2)cc1)C(=O)CSC1=NCCS1. The monoisotopic (exact) mass is 408 g/mol. The molecular weight excluding hydrogens is 384 g/mol. The summed E-state index contributed by atoms with van der Waals surface area (Å²) in [5.41, 5.74) is 1.84. The summed E-state index contributed by atoms with van der Waals surface area (Å²) in [5.74, 6) is 1.01. The van der Waals surface area contributed by atoms with E-state index in [1.54, 1.807) is 18.8 Å². The maximum atomic E-state index is 12.2. The zero-order chi connectivity index (χ0) is 19.1. The highest BCUT2D eigenvalue weighted by molar-refractivity contribution is 8.39. The molecule has 27 heavy (non-hydrogen) atoms. The largest absolute Gasteiger partial charge is 0.378 e. The summed E-state index contributed by atoms with van der Waals surface area (Å²) in [7, 11) is 1.65. The average Bonchev–Trinajstić information content (AvgIpc) is 3.21. The average molecular weight is 409 g/mol. The molecule has 1 aromatic carbocycles. The number of hydrogen-bond acceptors (Lipinski definition) is 7. The lowest BCUT2D eigenvalue weighted by Crippen LogP contribution is -2.36. The molecule has 7 nitrogen and oxygen atoms in total. The second kappa shape index (κ2) is 10.0. The van der Waals surface area contributed by atoms with Gasteiger partial charge in [0.15, 0.2) is 0 Å². The topological polar surface area (TPSA) is 74.2 Å². The second-order valence-corrected chi connectivity index (χ2v) is 8.54. The second-order valence-electron chi connectivity index (χ2n) is 6.23. The predicted molar refractivity (Wildman–Crippen MR) is 113 cm³/mol. The maximum absolute atomic E-state index is 12.2. The summed E-state index contributed by atoms with van der Waals surface area (Å²) in [6.45, 7) is 4.09. The first kappa shape index (κ1) is 20.0. The van der Waals surface area contributed by atoms with Gasteiger partial charge < -0.3 is 19.9 Å². The molecule has 0 unspecified atom stereocenters. The molecule has 0 bridgehead atoms. The van der Waals surface area contributed by atoms with E-state index < -0.39 is 0 Å². The Morgan fingerprint density at radius 3 is 2.70 bits per heavy atom. The number of morpholine rings is 1. The first-order chi connectivity index (χ1) is 13.1. The predicted octanol–water partition coefficient (Wildman–Crippen LogP) is 1.76. The fourth-order valence-electron chi connectivity index (χ4n) is 2.72. The quantitative estimate of drug-likeness (QED) is 0.773. The van der Waals surface area contributed by atoms with Crippen LogP contribution in [0.5, 0.6) is 0 Å². The molecule has 0 radical (unpaired) electrons. The molecule has 0 aliphatic carbocycles. The summed E-state index contributed by atoms with van der Waals surface area (Å²) < 4.78 is 6.32. The summed E-state index contributed by atoms with van der Waals surface area (Å²) in [4.78, 5) is 32.4. The first-order valence-electron chi connectivity index (χ1n) is 8.88. The Hall–Kier alpha value is -1.71. The molecule has 9 heteroatoms. The molecule has 3 rings (SSSR count). The summed E-state index contributed by atoms with van der Waals surface area (Å²) in [6, 6.07) is 7.75. The third kappa shape index (κ3) is 6.15. The van der Waals surface area contributed by atoms with E-state index >= 15 is 0 Å². The van der Waals surface area contributed by atoms with E-state index in [0.29, 0.717) is 5.75 Å². The first-order valence-corrected chi connectivity index (χ1v) is 10.9. The fraction of sp³-hybridized carbons (Fsp3) is 0.500. The third-order valence-corrected chi connectivity index (χ3v) is 6.45. The van der Waals surface area contributed by atoms with Crippen LogP contribution in [0, 0.1) is 0 Å². The standard InChI is InChI=1S/C18H24N4O3S2/c1-21(17(24)13-27-18-19-6-11-26-18)12-16(23)20-14-2-4-15(5-3-14)22-7-9-25-10-8-22/h2-5H,6-13H2,1H3,(H,20,23). The van der Waals surface area contributed by atoms with Crippen LogP contribution in [0.15, 0.2) is 29.3 Å². The number of amides is 2. The zero-order valence-electron chi connectivity index (χ0n) is 15.3. The van der Waals surface area contributed by atoms with Gasteiger partial charge >= 0.3 is 0 Å². The van der Waals surface area contributed by atoms with Gasteiger partial charge in [0.25, 0.3) is 0 Å². The van der Waals surface area contributed by atoms with E-state index in [-0.39, 0.29) is 18.4 Å². The van der Waals surface area contributed by atoms with Crippen LogP contribution in [0.3, 0.4) is 0 Å². The number of ether oxygens (including phenoxy) is 1. The lowest BCUT2D eigenvalue weighted by atomic mass is 10.2. The molecule has 1 aromatic rings. The smallest absolute Gasteiger partial charge is 0.243 e. The van der Waals surface area contributed by atoms with Crippen LogP contribution in [0.4, 0.5) is 11.4 Å². The summed E-state index contributed by atoms with van der Waals surface area (Å²) >= 11 is 3.12. The van der Waals surface area contributed by atoms with Gasteiger partial charge in [-0.15, -0.1) is 0 Å². The number of thioether (sulfide) groups is 2. The van der Waals surface area contributed by atoms with E-state index in [2.05, 4.69) is 15.2 Å². The van der Waals surface area contributed by atoms with Crippen LogP contribution < -0.4 is 10.2 Å². The Bertz CT molecular complexity index is 690. The maximum Gasteiger partial charge on any atom is 0.243 e. The minimum atomic E-state index is -0.206. The van der Waals surface area contributed by atoms with Crippen molar-refractivity contribution in [2.24, 2.45) is 4.99 Å². The molecule has 2 aliphatic heterocycles. The van der Waals surface area contributed by atoms with Crippen molar-refractivity contribution in [2.75, 3.05) is 68.2 Å². The van der Waals surface area contributed by atoms with Crippen LogP contribution in [-0.2, 0) is 14.3 Å². The van der Waals surface area contributed by atoms with Crippen molar-refractivity contribution in [3.05, 3.63) is 24.3 Å². The van der Waals surface area contributed by atoms with Gasteiger partial charge in [-0.05, 0) is 24.3 Å². The van der Waals surface area contributed by atoms with Crippen LogP contribution in [-0.4, -0.2) is 79.0 Å². The number of benzene rings is 1. The molecule has 2 aliphatic rings. The van der Waals surface area contributed by atoms with Gasteiger partial charge in [-0.1, -0.05) is 23.5 Å². The van der Waals surface area contributed by atoms with Gasteiger partial charge in [0.05, 0.1) is 32.1 Å². The van der Waals surface area contributed by atoms with E-state index in [4.69, 9.17) is 4.74 Å². The molecule has 146 valence electrons. The number of likely N-dealkylation sites (N-methyl/N-ethyl adjacent to an activating group) is 1. The minimum absolute atomic E-state index is 0.0320. The van der Waals surface area contributed by atoms with Crippen molar-refractivity contribution < 1.29 is 14.3 Å². The highest BCUT2D eigenvalue weighted by Gasteiger charge is 2.16. The van der Waals surface area contributed by atoms with E-state index in [0.717, 1.165) is 54.4 Å². The number of nitrogens with zero attached hydrogens (tertiary/aromatic N) is 3. The molecule has 0 saturated carbocycles. The van der Waals surface area contributed by atoms with Crippen molar-refractivity contribution in [1.82, 2.24) is 4.90 Å². The molecule has 1 saturated heterocycles. The van der Waals surface area contributed by atoms with E-state index in [1.807, 2.05) is 24.3 Å². The van der Waals surface area contributed by atoms with E-state index in [9.17, 15) is 9.59 Å². The highest BCUT2D eigenvalue weighted by Crippen LogP contribution is 2.22. The van der Waals surface area contributed by atoms with Gasteiger partial charge in [-0.25, -0.2) is 0 Å². The molecule has 0 aromatic heterocycles. The van der Waals surface area contributed by atoms with Crippen LogP contribution in [0.1, 0.15) is 0 Å². The number of rotatable bonds is 6. The van der Waals surface area contributed by atoms with Gasteiger partial charge in [0.2, 0.25) is 11.8 Å². The number of hydrogen-bond donors (Lipinski definition) is 1. The summed E-state index contributed by atoms with van der Waals surface area (Å²) in [6.07, 6.45) is 0.